The van der Waals surface area contributed by atoms with Crippen LogP contribution in [-0.2, 0) is 6.54 Å². The van der Waals surface area contributed by atoms with Gasteiger partial charge in [-0.2, -0.15) is 0 Å². The number of rotatable bonds is 5. The van der Waals surface area contributed by atoms with Gasteiger partial charge in [0.25, 0.3) is 0 Å². The van der Waals surface area contributed by atoms with Crippen LogP contribution in [0, 0.1) is 6.92 Å². The van der Waals surface area contributed by atoms with E-state index in [0.29, 0.717) is 0 Å². The SMILES string of the molecule is Cc1nc(N2CCN(C3CC3)CC2)ccc1CNC1CC1. The van der Waals surface area contributed by atoms with E-state index >= 15 is 0 Å². The van der Waals surface area contributed by atoms with Crippen molar-refractivity contribution in [1.29, 1.82) is 0 Å². The Bertz CT molecular complexity index is 500. The lowest BCUT2D eigenvalue weighted by molar-refractivity contribution is 0.247. The molecule has 2 saturated carbocycles. The summed E-state index contributed by atoms with van der Waals surface area (Å²) in [5.74, 6) is 1.16. The molecule has 2 heterocycles. The highest BCUT2D eigenvalue weighted by atomic mass is 15.3. The van der Waals surface area contributed by atoms with E-state index in [2.05, 4.69) is 34.2 Å². The maximum Gasteiger partial charge on any atom is 0.128 e. The van der Waals surface area contributed by atoms with Crippen LogP contribution < -0.4 is 10.2 Å². The summed E-state index contributed by atoms with van der Waals surface area (Å²) in [4.78, 5) is 9.95. The summed E-state index contributed by atoms with van der Waals surface area (Å²) in [5, 5.41) is 3.58. The van der Waals surface area contributed by atoms with Crippen molar-refractivity contribution in [1.82, 2.24) is 15.2 Å². The zero-order valence-corrected chi connectivity index (χ0v) is 13.0. The molecule has 4 rings (SSSR count). The maximum atomic E-state index is 4.85. The topological polar surface area (TPSA) is 31.4 Å². The lowest BCUT2D eigenvalue weighted by atomic mass is 10.2. The summed E-state index contributed by atoms with van der Waals surface area (Å²) >= 11 is 0. The summed E-state index contributed by atoms with van der Waals surface area (Å²) in [6, 6.07) is 6.14. The molecule has 0 unspecified atom stereocenters. The third-order valence-electron chi connectivity index (χ3n) is 5.04. The number of aryl methyl sites for hydroxylation is 1. The van der Waals surface area contributed by atoms with Gasteiger partial charge in [0, 0.05) is 50.5 Å². The molecule has 1 N–H and O–H groups in total. The molecule has 3 fully saturated rings. The van der Waals surface area contributed by atoms with Gasteiger partial charge in [-0.05, 0) is 44.2 Å². The Labute approximate surface area is 127 Å². The Kier molecular flexibility index (Phi) is 3.59. The minimum Gasteiger partial charge on any atom is -0.354 e. The molecule has 114 valence electrons. The summed E-state index contributed by atoms with van der Waals surface area (Å²) < 4.78 is 0. The van der Waals surface area contributed by atoms with Crippen molar-refractivity contribution in [2.75, 3.05) is 31.1 Å². The van der Waals surface area contributed by atoms with Crippen LogP contribution >= 0.6 is 0 Å². The van der Waals surface area contributed by atoms with E-state index in [4.69, 9.17) is 4.98 Å². The number of nitrogens with one attached hydrogen (secondary N) is 1. The highest BCUT2D eigenvalue weighted by Gasteiger charge is 2.31. The monoisotopic (exact) mass is 286 g/mol. The number of piperazine rings is 1. The molecule has 0 radical (unpaired) electrons. The first-order chi connectivity index (χ1) is 10.3. The molecule has 3 aliphatic rings. The Morgan fingerprint density at radius 2 is 1.86 bits per heavy atom. The molecule has 1 aliphatic heterocycles. The molecule has 0 atom stereocenters. The van der Waals surface area contributed by atoms with E-state index in [1.165, 1.54) is 50.0 Å². The van der Waals surface area contributed by atoms with Crippen molar-refractivity contribution in [3.8, 4) is 0 Å². The van der Waals surface area contributed by atoms with E-state index in [0.717, 1.165) is 37.5 Å². The number of pyridine rings is 1. The van der Waals surface area contributed by atoms with Gasteiger partial charge in [0.1, 0.15) is 5.82 Å². The molecule has 1 aromatic rings. The summed E-state index contributed by atoms with van der Waals surface area (Å²) in [6.45, 7) is 7.78. The maximum absolute atomic E-state index is 4.85. The van der Waals surface area contributed by atoms with Crippen LogP contribution in [0.3, 0.4) is 0 Å². The van der Waals surface area contributed by atoms with Crippen LogP contribution in [0.2, 0.25) is 0 Å². The zero-order valence-electron chi connectivity index (χ0n) is 13.0. The van der Waals surface area contributed by atoms with E-state index in [-0.39, 0.29) is 0 Å². The molecule has 0 spiro atoms. The Morgan fingerprint density at radius 1 is 1.10 bits per heavy atom. The van der Waals surface area contributed by atoms with Gasteiger partial charge in [-0.1, -0.05) is 6.07 Å². The second-order valence-electron chi connectivity index (χ2n) is 6.82. The highest BCUT2D eigenvalue weighted by Crippen LogP contribution is 2.28. The van der Waals surface area contributed by atoms with Gasteiger partial charge < -0.3 is 10.2 Å². The number of hydrogen-bond acceptors (Lipinski definition) is 4. The van der Waals surface area contributed by atoms with Crippen molar-refractivity contribution in [3.63, 3.8) is 0 Å². The first-order valence-electron chi connectivity index (χ1n) is 8.48. The molecule has 0 bridgehead atoms. The fourth-order valence-electron chi connectivity index (χ4n) is 3.24. The average Bonchev–Trinajstić information content (AvgIpc) is 3.39. The minimum atomic E-state index is 0.763. The van der Waals surface area contributed by atoms with E-state index in [1.807, 2.05) is 0 Å². The van der Waals surface area contributed by atoms with Gasteiger partial charge in [-0.3, -0.25) is 4.90 Å². The standard InChI is InChI=1S/C17H26N4/c1-13-14(12-18-15-3-4-15)2-7-17(19-13)21-10-8-20(9-11-21)16-5-6-16/h2,7,15-16,18H,3-6,8-12H2,1H3. The minimum absolute atomic E-state index is 0.763. The first-order valence-corrected chi connectivity index (χ1v) is 8.48. The van der Waals surface area contributed by atoms with Crippen LogP contribution in [0.5, 0.6) is 0 Å². The van der Waals surface area contributed by atoms with Gasteiger partial charge in [0.15, 0.2) is 0 Å². The van der Waals surface area contributed by atoms with Gasteiger partial charge in [0.05, 0.1) is 0 Å². The van der Waals surface area contributed by atoms with Crippen LogP contribution in [0.25, 0.3) is 0 Å². The Hall–Kier alpha value is -1.13. The third kappa shape index (κ3) is 3.22. The molecule has 2 aliphatic carbocycles. The fraction of sp³-hybridized carbons (Fsp3) is 0.706. The highest BCUT2D eigenvalue weighted by molar-refractivity contribution is 5.42. The molecule has 4 heteroatoms. The van der Waals surface area contributed by atoms with Crippen LogP contribution in [0.1, 0.15) is 36.9 Å². The quantitative estimate of drug-likeness (QED) is 0.896. The smallest absolute Gasteiger partial charge is 0.128 e. The van der Waals surface area contributed by atoms with E-state index < -0.39 is 0 Å². The molecular formula is C17H26N4. The predicted molar refractivity (Wildman–Crippen MR) is 85.6 cm³/mol. The third-order valence-corrected chi connectivity index (χ3v) is 5.04. The number of aromatic nitrogens is 1. The Balaban J connectivity index is 1.37. The summed E-state index contributed by atoms with van der Waals surface area (Å²) in [7, 11) is 0. The molecule has 21 heavy (non-hydrogen) atoms. The average molecular weight is 286 g/mol. The van der Waals surface area contributed by atoms with E-state index in [9.17, 15) is 0 Å². The van der Waals surface area contributed by atoms with Crippen molar-refractivity contribution in [2.24, 2.45) is 0 Å². The normalized spacial score (nSPS) is 23.6. The van der Waals surface area contributed by atoms with Crippen LogP contribution in [0.15, 0.2) is 12.1 Å². The van der Waals surface area contributed by atoms with Gasteiger partial charge >= 0.3 is 0 Å². The molecule has 1 aromatic heterocycles. The van der Waals surface area contributed by atoms with Crippen LogP contribution in [0.4, 0.5) is 5.82 Å². The van der Waals surface area contributed by atoms with Crippen LogP contribution in [-0.4, -0.2) is 48.1 Å². The summed E-state index contributed by atoms with van der Waals surface area (Å²) in [5.41, 5.74) is 2.53. The van der Waals surface area contributed by atoms with Crippen molar-refractivity contribution >= 4 is 5.82 Å². The number of nitrogens with zero attached hydrogens (tertiary/aromatic N) is 3. The van der Waals surface area contributed by atoms with Gasteiger partial charge in [-0.25, -0.2) is 4.98 Å². The van der Waals surface area contributed by atoms with Crippen molar-refractivity contribution < 1.29 is 0 Å². The molecule has 1 saturated heterocycles. The number of hydrogen-bond donors (Lipinski definition) is 1. The zero-order chi connectivity index (χ0) is 14.2. The molecular weight excluding hydrogens is 260 g/mol. The van der Waals surface area contributed by atoms with Crippen molar-refractivity contribution in [3.05, 3.63) is 23.4 Å². The molecule has 0 amide bonds. The second-order valence-corrected chi connectivity index (χ2v) is 6.82. The first kappa shape index (κ1) is 13.5. The second kappa shape index (κ2) is 5.58. The fourth-order valence-corrected chi connectivity index (χ4v) is 3.24. The van der Waals surface area contributed by atoms with Crippen molar-refractivity contribution in [2.45, 2.75) is 51.2 Å². The Morgan fingerprint density at radius 3 is 2.48 bits per heavy atom. The number of anilines is 1. The largest absolute Gasteiger partial charge is 0.354 e. The van der Waals surface area contributed by atoms with Gasteiger partial charge in [-0.15, -0.1) is 0 Å². The molecule has 4 nitrogen and oxygen atoms in total. The lowest BCUT2D eigenvalue weighted by Gasteiger charge is -2.35. The van der Waals surface area contributed by atoms with Gasteiger partial charge in [0.2, 0.25) is 0 Å². The lowest BCUT2D eigenvalue weighted by Crippen LogP contribution is -2.47. The predicted octanol–water partition coefficient (Wildman–Crippen LogP) is 1.93. The summed E-state index contributed by atoms with van der Waals surface area (Å²) in [6.07, 6.45) is 5.52. The molecule has 0 aromatic carbocycles. The van der Waals surface area contributed by atoms with E-state index in [1.54, 1.807) is 0 Å².